The van der Waals surface area contributed by atoms with E-state index in [1.165, 1.54) is 5.56 Å². The van der Waals surface area contributed by atoms with E-state index in [0.29, 0.717) is 19.0 Å². The van der Waals surface area contributed by atoms with Crippen LogP contribution in [-0.2, 0) is 25.1 Å². The van der Waals surface area contributed by atoms with Gasteiger partial charge in [-0.05, 0) is 37.8 Å². The lowest BCUT2D eigenvalue weighted by molar-refractivity contribution is 0.0617. The molecule has 0 saturated heterocycles. The Balaban J connectivity index is 1.56. The van der Waals surface area contributed by atoms with Gasteiger partial charge in [-0.25, -0.2) is 9.98 Å². The van der Waals surface area contributed by atoms with E-state index in [4.69, 9.17) is 0 Å². The van der Waals surface area contributed by atoms with Gasteiger partial charge in [-0.2, -0.15) is 0 Å². The van der Waals surface area contributed by atoms with Crippen LogP contribution in [-0.4, -0.2) is 33.7 Å². The summed E-state index contributed by atoms with van der Waals surface area (Å²) in [7, 11) is 0. The Hall–Kier alpha value is -3.12. The summed E-state index contributed by atoms with van der Waals surface area (Å²) >= 11 is 0. The molecule has 0 saturated carbocycles. The summed E-state index contributed by atoms with van der Waals surface area (Å²) in [6.45, 7) is 6.31. The van der Waals surface area contributed by atoms with E-state index in [0.717, 1.165) is 37.3 Å². The van der Waals surface area contributed by atoms with Crippen LogP contribution < -0.4 is 10.6 Å². The average molecular weight is 420 g/mol. The molecule has 1 atom stereocenters. The molecule has 0 aliphatic carbocycles. The quantitative estimate of drug-likeness (QED) is 0.347. The molecule has 0 amide bonds. The van der Waals surface area contributed by atoms with Gasteiger partial charge in [0, 0.05) is 25.5 Å². The van der Waals surface area contributed by atoms with Gasteiger partial charge in [-0.3, -0.25) is 0 Å². The Labute approximate surface area is 185 Å². The van der Waals surface area contributed by atoms with Crippen molar-refractivity contribution in [2.45, 2.75) is 45.4 Å². The molecule has 3 aromatic rings. The lowest BCUT2D eigenvalue weighted by Crippen LogP contribution is -2.44. The van der Waals surface area contributed by atoms with Crippen LogP contribution in [0, 0.1) is 0 Å². The maximum absolute atomic E-state index is 10.8. The van der Waals surface area contributed by atoms with Crippen LogP contribution in [0.5, 0.6) is 0 Å². The van der Waals surface area contributed by atoms with Crippen molar-refractivity contribution in [2.75, 3.05) is 13.1 Å². The highest BCUT2D eigenvalue weighted by Crippen LogP contribution is 2.18. The zero-order chi connectivity index (χ0) is 21.9. The van der Waals surface area contributed by atoms with Crippen molar-refractivity contribution in [1.29, 1.82) is 0 Å². The molecule has 0 aliphatic rings. The molecule has 2 aromatic carbocycles. The third kappa shape index (κ3) is 6.96. The lowest BCUT2D eigenvalue weighted by Gasteiger charge is -2.25. The first-order chi connectivity index (χ1) is 15.1. The summed E-state index contributed by atoms with van der Waals surface area (Å²) in [4.78, 5) is 9.16. The van der Waals surface area contributed by atoms with E-state index >= 15 is 0 Å². The van der Waals surface area contributed by atoms with Gasteiger partial charge < -0.3 is 20.3 Å². The molecule has 0 spiro atoms. The zero-order valence-electron chi connectivity index (χ0n) is 18.5. The fourth-order valence-corrected chi connectivity index (χ4v) is 3.44. The summed E-state index contributed by atoms with van der Waals surface area (Å²) in [5.41, 5.74) is 1.23. The second kappa shape index (κ2) is 11.3. The number of nitrogens with zero attached hydrogens (tertiary/aromatic N) is 3. The fraction of sp³-hybridized carbons (Fsp3) is 0.360. The van der Waals surface area contributed by atoms with E-state index in [9.17, 15) is 5.11 Å². The van der Waals surface area contributed by atoms with Crippen LogP contribution in [0.2, 0.25) is 0 Å². The third-order valence-electron chi connectivity index (χ3n) is 5.23. The predicted molar refractivity (Wildman–Crippen MR) is 126 cm³/mol. The average Bonchev–Trinajstić information content (AvgIpc) is 3.24. The summed E-state index contributed by atoms with van der Waals surface area (Å²) in [6, 6.07) is 20.2. The summed E-state index contributed by atoms with van der Waals surface area (Å²) in [5, 5.41) is 17.3. The molecule has 3 rings (SSSR count). The summed E-state index contributed by atoms with van der Waals surface area (Å²) in [6.07, 6.45) is 5.93. The maximum atomic E-state index is 10.8. The molecule has 6 nitrogen and oxygen atoms in total. The molecule has 0 aliphatic heterocycles. The minimum absolute atomic E-state index is 0.356. The van der Waals surface area contributed by atoms with E-state index < -0.39 is 5.60 Å². The number of aromatic nitrogens is 2. The van der Waals surface area contributed by atoms with Gasteiger partial charge in [-0.15, -0.1) is 0 Å². The predicted octanol–water partition coefficient (Wildman–Crippen LogP) is 3.48. The van der Waals surface area contributed by atoms with Gasteiger partial charge in [0.15, 0.2) is 5.96 Å². The van der Waals surface area contributed by atoms with E-state index in [-0.39, 0.29) is 0 Å². The molecule has 0 fully saturated rings. The number of nitrogens with one attached hydrogen (secondary N) is 2. The number of aliphatic hydroxyl groups is 1. The Bertz CT molecular complexity index is 935. The normalized spacial score (nSPS) is 13.6. The Morgan fingerprint density at radius 2 is 1.77 bits per heavy atom. The number of aliphatic imine (C=N–C) groups is 1. The van der Waals surface area contributed by atoms with Crippen molar-refractivity contribution in [3.8, 4) is 0 Å². The van der Waals surface area contributed by atoms with Gasteiger partial charge in [0.25, 0.3) is 0 Å². The minimum Gasteiger partial charge on any atom is -0.384 e. The highest BCUT2D eigenvalue weighted by Gasteiger charge is 2.23. The van der Waals surface area contributed by atoms with Crippen LogP contribution in [0.15, 0.2) is 78.0 Å². The summed E-state index contributed by atoms with van der Waals surface area (Å²) in [5.74, 6) is 1.60. The third-order valence-corrected chi connectivity index (χ3v) is 5.23. The SMILES string of the molecule is CCNC(=NCc1nccn1CCCc1ccccc1)NCC(C)(O)c1ccccc1. The molecule has 1 heterocycles. The summed E-state index contributed by atoms with van der Waals surface area (Å²) < 4.78 is 2.16. The number of benzene rings is 2. The first-order valence-corrected chi connectivity index (χ1v) is 10.9. The van der Waals surface area contributed by atoms with Crippen molar-refractivity contribution in [3.05, 3.63) is 90.0 Å². The standard InChI is InChI=1S/C25H33N5O/c1-3-26-24(29-20-25(2,31)22-14-8-5-9-15-22)28-19-23-27-16-18-30(23)17-10-13-21-11-6-4-7-12-21/h4-9,11-12,14-16,18,31H,3,10,13,17,19-20H2,1-2H3,(H2,26,28,29). The highest BCUT2D eigenvalue weighted by molar-refractivity contribution is 5.79. The fourth-order valence-electron chi connectivity index (χ4n) is 3.44. The van der Waals surface area contributed by atoms with Crippen LogP contribution in [0.3, 0.4) is 0 Å². The van der Waals surface area contributed by atoms with Crippen molar-refractivity contribution in [3.63, 3.8) is 0 Å². The molecule has 31 heavy (non-hydrogen) atoms. The van der Waals surface area contributed by atoms with Crippen LogP contribution in [0.25, 0.3) is 0 Å². The van der Waals surface area contributed by atoms with Gasteiger partial charge in [0.2, 0.25) is 0 Å². The molecule has 6 heteroatoms. The molecule has 1 aromatic heterocycles. The zero-order valence-corrected chi connectivity index (χ0v) is 18.5. The second-order valence-corrected chi connectivity index (χ2v) is 7.81. The number of guanidine groups is 1. The van der Waals surface area contributed by atoms with Gasteiger partial charge >= 0.3 is 0 Å². The van der Waals surface area contributed by atoms with E-state index in [1.807, 2.05) is 55.7 Å². The first-order valence-electron chi connectivity index (χ1n) is 10.9. The number of hydrogen-bond acceptors (Lipinski definition) is 3. The number of rotatable bonds is 10. The van der Waals surface area contributed by atoms with E-state index in [1.54, 1.807) is 6.92 Å². The number of aryl methyl sites for hydroxylation is 2. The Morgan fingerprint density at radius 1 is 1.06 bits per heavy atom. The highest BCUT2D eigenvalue weighted by atomic mass is 16.3. The molecule has 1 unspecified atom stereocenters. The largest absolute Gasteiger partial charge is 0.384 e. The lowest BCUT2D eigenvalue weighted by atomic mass is 9.96. The van der Waals surface area contributed by atoms with Gasteiger partial charge in [0.1, 0.15) is 18.0 Å². The van der Waals surface area contributed by atoms with Gasteiger partial charge in [-0.1, -0.05) is 60.7 Å². The van der Waals surface area contributed by atoms with Crippen molar-refractivity contribution in [1.82, 2.24) is 20.2 Å². The first kappa shape index (κ1) is 22.6. The van der Waals surface area contributed by atoms with Crippen LogP contribution >= 0.6 is 0 Å². The van der Waals surface area contributed by atoms with Crippen molar-refractivity contribution < 1.29 is 5.11 Å². The van der Waals surface area contributed by atoms with Crippen LogP contribution in [0.4, 0.5) is 0 Å². The number of hydrogen-bond donors (Lipinski definition) is 3. The molecule has 3 N–H and O–H groups in total. The maximum Gasteiger partial charge on any atom is 0.191 e. The van der Waals surface area contributed by atoms with Gasteiger partial charge in [0.05, 0.1) is 6.54 Å². The molecular weight excluding hydrogens is 386 g/mol. The smallest absolute Gasteiger partial charge is 0.191 e. The molecule has 164 valence electrons. The van der Waals surface area contributed by atoms with Crippen molar-refractivity contribution >= 4 is 5.96 Å². The Morgan fingerprint density at radius 3 is 2.48 bits per heavy atom. The molecule has 0 bridgehead atoms. The molecule has 0 radical (unpaired) electrons. The monoisotopic (exact) mass is 419 g/mol. The van der Waals surface area contributed by atoms with E-state index in [2.05, 4.69) is 49.4 Å². The Kier molecular flexibility index (Phi) is 8.24. The molecular formula is C25H33N5O. The van der Waals surface area contributed by atoms with Crippen LogP contribution in [0.1, 0.15) is 37.2 Å². The topological polar surface area (TPSA) is 74.5 Å². The van der Waals surface area contributed by atoms with Crippen molar-refractivity contribution in [2.24, 2.45) is 4.99 Å². The second-order valence-electron chi connectivity index (χ2n) is 7.81. The number of imidazole rings is 1. The minimum atomic E-state index is -0.993.